The number of pyridine rings is 1. The van der Waals surface area contributed by atoms with Crippen LogP contribution in [0.1, 0.15) is 49.7 Å². The molecule has 1 amide bonds. The summed E-state index contributed by atoms with van der Waals surface area (Å²) in [6, 6.07) is 13.0. The summed E-state index contributed by atoms with van der Waals surface area (Å²) in [5, 5.41) is 7.33. The molecule has 2 aromatic carbocycles. The van der Waals surface area contributed by atoms with Gasteiger partial charge in [0.15, 0.2) is 0 Å². The van der Waals surface area contributed by atoms with E-state index in [0.29, 0.717) is 41.1 Å². The molecule has 5 nitrogen and oxygen atoms in total. The molecule has 3 aromatic rings. The summed E-state index contributed by atoms with van der Waals surface area (Å²) in [4.78, 5) is 17.2. The molecule has 7 heteroatoms. The number of nitrogens with one attached hydrogen (secondary N) is 2. The first kappa shape index (κ1) is 24.5. The molecule has 0 atom stereocenters. The van der Waals surface area contributed by atoms with Gasteiger partial charge in [0, 0.05) is 31.0 Å². The van der Waals surface area contributed by atoms with Gasteiger partial charge in [0.25, 0.3) is 0 Å². The fraction of sp³-hybridized carbons (Fsp3) is 0.407. The number of ether oxygens (including phenoxy) is 1. The van der Waals surface area contributed by atoms with Crippen molar-refractivity contribution in [3.05, 3.63) is 63.9 Å². The Balaban J connectivity index is 1.47. The molecule has 0 aliphatic heterocycles. The number of aromatic nitrogens is 1. The van der Waals surface area contributed by atoms with E-state index in [-0.39, 0.29) is 11.7 Å². The molecule has 180 valence electrons. The molecule has 0 unspecified atom stereocenters. The molecule has 1 aliphatic rings. The van der Waals surface area contributed by atoms with E-state index in [1.165, 1.54) is 38.2 Å². The summed E-state index contributed by atoms with van der Waals surface area (Å²) in [5.74, 6) is 1.79. The van der Waals surface area contributed by atoms with Crippen molar-refractivity contribution in [2.75, 3.05) is 19.0 Å². The zero-order valence-corrected chi connectivity index (χ0v) is 21.1. The SMILES string of the molecule is COc1ccc(CNc2nc3cc(F)c(Br)cc3cc2CCC(=O)NCC2CCCCC2)cc1. The fourth-order valence-electron chi connectivity index (χ4n) is 4.47. The molecule has 1 heterocycles. The van der Waals surface area contributed by atoms with Crippen LogP contribution < -0.4 is 15.4 Å². The van der Waals surface area contributed by atoms with Crippen molar-refractivity contribution >= 4 is 38.6 Å². The van der Waals surface area contributed by atoms with Crippen molar-refractivity contribution in [1.29, 1.82) is 0 Å². The summed E-state index contributed by atoms with van der Waals surface area (Å²) < 4.78 is 19.7. The van der Waals surface area contributed by atoms with E-state index < -0.39 is 0 Å². The van der Waals surface area contributed by atoms with E-state index in [9.17, 15) is 9.18 Å². The Hall–Kier alpha value is -2.67. The van der Waals surface area contributed by atoms with Gasteiger partial charge in [0.2, 0.25) is 5.91 Å². The lowest BCUT2D eigenvalue weighted by Crippen LogP contribution is -2.30. The first-order chi connectivity index (χ1) is 16.5. The van der Waals surface area contributed by atoms with Crippen molar-refractivity contribution in [3.8, 4) is 5.75 Å². The van der Waals surface area contributed by atoms with Gasteiger partial charge >= 0.3 is 0 Å². The Labute approximate surface area is 208 Å². The van der Waals surface area contributed by atoms with Crippen LogP contribution in [-0.2, 0) is 17.8 Å². The Kier molecular flexibility index (Phi) is 8.38. The van der Waals surface area contributed by atoms with Gasteiger partial charge in [-0.2, -0.15) is 0 Å². The molecule has 34 heavy (non-hydrogen) atoms. The number of amides is 1. The van der Waals surface area contributed by atoms with E-state index in [1.807, 2.05) is 30.3 Å². The normalized spacial score (nSPS) is 14.2. The molecule has 0 bridgehead atoms. The quantitative estimate of drug-likeness (QED) is 0.338. The van der Waals surface area contributed by atoms with Crippen LogP contribution in [0.2, 0.25) is 0 Å². The minimum atomic E-state index is -0.351. The minimum Gasteiger partial charge on any atom is -0.497 e. The molecule has 0 saturated heterocycles. The molecule has 1 fully saturated rings. The summed E-state index contributed by atoms with van der Waals surface area (Å²) >= 11 is 3.26. The predicted octanol–water partition coefficient (Wildman–Crippen LogP) is 6.39. The maximum absolute atomic E-state index is 14.1. The van der Waals surface area contributed by atoms with Crippen molar-refractivity contribution in [2.24, 2.45) is 5.92 Å². The van der Waals surface area contributed by atoms with Crippen LogP contribution >= 0.6 is 15.9 Å². The minimum absolute atomic E-state index is 0.0621. The van der Waals surface area contributed by atoms with Crippen LogP contribution in [-0.4, -0.2) is 24.5 Å². The van der Waals surface area contributed by atoms with Crippen molar-refractivity contribution in [3.63, 3.8) is 0 Å². The van der Waals surface area contributed by atoms with Crippen LogP contribution in [0.3, 0.4) is 0 Å². The first-order valence-electron chi connectivity index (χ1n) is 11.9. The van der Waals surface area contributed by atoms with Crippen LogP contribution in [0.5, 0.6) is 5.75 Å². The Morgan fingerprint density at radius 3 is 2.65 bits per heavy atom. The molecule has 0 radical (unpaired) electrons. The van der Waals surface area contributed by atoms with Gasteiger partial charge in [-0.05, 0) is 76.5 Å². The zero-order chi connectivity index (χ0) is 23.9. The van der Waals surface area contributed by atoms with Gasteiger partial charge in [-0.15, -0.1) is 0 Å². The number of hydrogen-bond acceptors (Lipinski definition) is 4. The summed E-state index contributed by atoms with van der Waals surface area (Å²) in [6.45, 7) is 1.33. The highest BCUT2D eigenvalue weighted by Crippen LogP contribution is 2.27. The largest absolute Gasteiger partial charge is 0.497 e. The van der Waals surface area contributed by atoms with Crippen LogP contribution in [0.25, 0.3) is 10.9 Å². The first-order valence-corrected chi connectivity index (χ1v) is 12.7. The molecule has 4 rings (SSSR count). The van der Waals surface area contributed by atoms with Gasteiger partial charge in [-0.3, -0.25) is 4.79 Å². The smallest absolute Gasteiger partial charge is 0.220 e. The fourth-order valence-corrected chi connectivity index (χ4v) is 4.83. The zero-order valence-electron chi connectivity index (χ0n) is 19.5. The number of benzene rings is 2. The molecule has 1 saturated carbocycles. The summed E-state index contributed by atoms with van der Waals surface area (Å²) in [5.41, 5.74) is 2.58. The number of hydrogen-bond donors (Lipinski definition) is 2. The lowest BCUT2D eigenvalue weighted by Gasteiger charge is -2.21. The second-order valence-corrected chi connectivity index (χ2v) is 9.82. The van der Waals surface area contributed by atoms with Crippen LogP contribution in [0, 0.1) is 11.7 Å². The number of carbonyl (C=O) groups excluding carboxylic acids is 1. The Morgan fingerprint density at radius 2 is 1.91 bits per heavy atom. The van der Waals surface area contributed by atoms with E-state index in [2.05, 4.69) is 26.6 Å². The number of carbonyl (C=O) groups is 1. The van der Waals surface area contributed by atoms with Gasteiger partial charge in [0.1, 0.15) is 17.4 Å². The van der Waals surface area contributed by atoms with E-state index in [1.54, 1.807) is 13.2 Å². The Bertz CT molecular complexity index is 1130. The predicted molar refractivity (Wildman–Crippen MR) is 138 cm³/mol. The van der Waals surface area contributed by atoms with E-state index in [4.69, 9.17) is 9.72 Å². The number of nitrogens with zero attached hydrogens (tertiary/aromatic N) is 1. The third-order valence-corrected chi connectivity index (χ3v) is 7.10. The number of halogens is 2. The maximum Gasteiger partial charge on any atom is 0.220 e. The van der Waals surface area contributed by atoms with Gasteiger partial charge in [-0.1, -0.05) is 31.4 Å². The number of fused-ring (bicyclic) bond motifs is 1. The molecule has 2 N–H and O–H groups in total. The monoisotopic (exact) mass is 527 g/mol. The average molecular weight is 528 g/mol. The molecular formula is C27H31BrFN3O2. The third-order valence-electron chi connectivity index (χ3n) is 6.49. The summed E-state index contributed by atoms with van der Waals surface area (Å²) in [7, 11) is 1.64. The number of rotatable bonds is 9. The number of anilines is 1. The van der Waals surface area contributed by atoms with Crippen molar-refractivity contribution < 1.29 is 13.9 Å². The second kappa shape index (κ2) is 11.6. The number of aryl methyl sites for hydroxylation is 1. The molecular weight excluding hydrogens is 497 g/mol. The highest BCUT2D eigenvalue weighted by atomic mass is 79.9. The second-order valence-electron chi connectivity index (χ2n) is 8.96. The van der Waals surface area contributed by atoms with Crippen LogP contribution in [0.15, 0.2) is 46.9 Å². The van der Waals surface area contributed by atoms with Crippen molar-refractivity contribution in [1.82, 2.24) is 10.3 Å². The lowest BCUT2D eigenvalue weighted by atomic mass is 9.89. The van der Waals surface area contributed by atoms with Crippen molar-refractivity contribution in [2.45, 2.75) is 51.5 Å². The number of methoxy groups -OCH3 is 1. The van der Waals surface area contributed by atoms with E-state index >= 15 is 0 Å². The molecule has 1 aliphatic carbocycles. The highest BCUT2D eigenvalue weighted by molar-refractivity contribution is 9.10. The average Bonchev–Trinajstić information content (AvgIpc) is 2.86. The van der Waals surface area contributed by atoms with Crippen LogP contribution in [0.4, 0.5) is 10.2 Å². The highest BCUT2D eigenvalue weighted by Gasteiger charge is 2.15. The third kappa shape index (κ3) is 6.47. The van der Waals surface area contributed by atoms with Gasteiger partial charge < -0.3 is 15.4 Å². The van der Waals surface area contributed by atoms with Gasteiger partial charge in [-0.25, -0.2) is 9.37 Å². The topological polar surface area (TPSA) is 63.2 Å². The maximum atomic E-state index is 14.1. The lowest BCUT2D eigenvalue weighted by molar-refractivity contribution is -0.121. The summed E-state index contributed by atoms with van der Waals surface area (Å²) in [6.07, 6.45) is 7.20. The van der Waals surface area contributed by atoms with Gasteiger partial charge in [0.05, 0.1) is 17.1 Å². The van der Waals surface area contributed by atoms with E-state index in [0.717, 1.165) is 28.8 Å². The molecule has 0 spiro atoms. The molecule has 1 aromatic heterocycles. The standard InChI is InChI=1S/C27H31BrFN3O2/c1-34-22-10-7-19(8-11-22)17-31-27-20(13-21-14-23(28)24(29)15-25(21)32-27)9-12-26(33)30-16-18-5-3-2-4-6-18/h7-8,10-11,13-15,18H,2-6,9,12,16-17H2,1H3,(H,30,33)(H,31,32). The Morgan fingerprint density at radius 1 is 1.15 bits per heavy atom.